The first-order valence-electron chi connectivity index (χ1n) is 5.53. The minimum Gasteiger partial charge on any atom is -0.398 e. The summed E-state index contributed by atoms with van der Waals surface area (Å²) in [5.74, 6) is -0.123. The van der Waals surface area contributed by atoms with Crippen LogP contribution in [0.1, 0.15) is 5.56 Å². The number of hydrogen-bond donors (Lipinski definition) is 1. The van der Waals surface area contributed by atoms with Crippen molar-refractivity contribution in [1.82, 2.24) is 9.80 Å². The predicted molar refractivity (Wildman–Crippen MR) is 68.9 cm³/mol. The van der Waals surface area contributed by atoms with Crippen LogP contribution in [-0.2, 0) is 16.1 Å². The standard InChI is InChI=1S/C12H14ClN3O2/c1-15-6-12(18)16(7-11(15)17)5-8-2-3-9(13)10(14)4-8/h2-4H,5-7,14H2,1H3. The van der Waals surface area contributed by atoms with Crippen LogP contribution in [0.25, 0.3) is 0 Å². The molecule has 18 heavy (non-hydrogen) atoms. The average Bonchev–Trinajstić information content (AvgIpc) is 2.31. The van der Waals surface area contributed by atoms with Gasteiger partial charge in [-0.1, -0.05) is 17.7 Å². The molecule has 0 unspecified atom stereocenters. The molecule has 2 amide bonds. The van der Waals surface area contributed by atoms with E-state index in [1.54, 1.807) is 25.2 Å². The SMILES string of the molecule is CN1CC(=O)N(Cc2ccc(Cl)c(N)c2)CC1=O. The van der Waals surface area contributed by atoms with Crippen molar-refractivity contribution in [1.29, 1.82) is 0 Å². The molecule has 0 aliphatic carbocycles. The van der Waals surface area contributed by atoms with Crippen molar-refractivity contribution >= 4 is 29.1 Å². The van der Waals surface area contributed by atoms with Crippen molar-refractivity contribution in [2.24, 2.45) is 0 Å². The highest BCUT2D eigenvalue weighted by Gasteiger charge is 2.27. The zero-order valence-electron chi connectivity index (χ0n) is 10.0. The van der Waals surface area contributed by atoms with Gasteiger partial charge in [0.25, 0.3) is 0 Å². The number of carbonyl (C=O) groups excluding carboxylic acids is 2. The Morgan fingerprint density at radius 1 is 1.28 bits per heavy atom. The van der Waals surface area contributed by atoms with Gasteiger partial charge in [-0.05, 0) is 17.7 Å². The Morgan fingerprint density at radius 3 is 2.67 bits per heavy atom. The third-order valence-corrected chi connectivity index (χ3v) is 3.26. The molecule has 0 spiro atoms. The summed E-state index contributed by atoms with van der Waals surface area (Å²) in [6.45, 7) is 0.611. The van der Waals surface area contributed by atoms with Crippen LogP contribution in [0.5, 0.6) is 0 Å². The van der Waals surface area contributed by atoms with Crippen LogP contribution in [0.4, 0.5) is 5.69 Å². The summed E-state index contributed by atoms with van der Waals surface area (Å²) in [5.41, 5.74) is 7.04. The topological polar surface area (TPSA) is 66.6 Å². The molecular weight excluding hydrogens is 254 g/mol. The minimum absolute atomic E-state index is 0.0588. The molecule has 0 saturated carbocycles. The van der Waals surface area contributed by atoms with Gasteiger partial charge in [-0.15, -0.1) is 0 Å². The number of anilines is 1. The number of nitrogens with two attached hydrogens (primary N) is 1. The highest BCUT2D eigenvalue weighted by Crippen LogP contribution is 2.20. The molecule has 1 aromatic rings. The van der Waals surface area contributed by atoms with E-state index in [0.29, 0.717) is 17.3 Å². The Balaban J connectivity index is 2.11. The molecule has 0 atom stereocenters. The predicted octanol–water partition coefficient (Wildman–Crippen LogP) is 0.723. The molecule has 0 bridgehead atoms. The molecular formula is C12H14ClN3O2. The third-order valence-electron chi connectivity index (χ3n) is 2.91. The Bertz CT molecular complexity index is 504. The summed E-state index contributed by atoms with van der Waals surface area (Å²) < 4.78 is 0. The largest absolute Gasteiger partial charge is 0.398 e. The van der Waals surface area contributed by atoms with Gasteiger partial charge >= 0.3 is 0 Å². The molecule has 0 aromatic heterocycles. The molecule has 5 nitrogen and oxygen atoms in total. The fourth-order valence-corrected chi connectivity index (χ4v) is 1.94. The first-order valence-corrected chi connectivity index (χ1v) is 5.91. The molecule has 2 N–H and O–H groups in total. The van der Waals surface area contributed by atoms with Crippen LogP contribution in [0.2, 0.25) is 5.02 Å². The molecule has 1 saturated heterocycles. The van der Waals surface area contributed by atoms with Crippen LogP contribution >= 0.6 is 11.6 Å². The monoisotopic (exact) mass is 267 g/mol. The lowest BCUT2D eigenvalue weighted by Crippen LogP contribution is -2.51. The summed E-state index contributed by atoms with van der Waals surface area (Å²) in [5, 5.41) is 0.486. The van der Waals surface area contributed by atoms with Crippen LogP contribution in [0, 0.1) is 0 Å². The third kappa shape index (κ3) is 2.56. The van der Waals surface area contributed by atoms with E-state index in [-0.39, 0.29) is 24.9 Å². The van der Waals surface area contributed by atoms with Crippen molar-refractivity contribution in [2.45, 2.75) is 6.54 Å². The second-order valence-electron chi connectivity index (χ2n) is 4.36. The van der Waals surface area contributed by atoms with Gasteiger partial charge in [0.2, 0.25) is 11.8 Å². The van der Waals surface area contributed by atoms with E-state index in [0.717, 1.165) is 5.56 Å². The number of amides is 2. The highest BCUT2D eigenvalue weighted by molar-refractivity contribution is 6.33. The normalized spacial score (nSPS) is 16.3. The first kappa shape index (κ1) is 12.7. The summed E-state index contributed by atoms with van der Waals surface area (Å²) in [7, 11) is 1.62. The molecule has 1 fully saturated rings. The van der Waals surface area contributed by atoms with Crippen molar-refractivity contribution in [2.75, 3.05) is 25.9 Å². The van der Waals surface area contributed by atoms with Crippen molar-refractivity contribution in [3.8, 4) is 0 Å². The zero-order valence-corrected chi connectivity index (χ0v) is 10.8. The molecule has 1 heterocycles. The second-order valence-corrected chi connectivity index (χ2v) is 4.76. The van der Waals surface area contributed by atoms with Crippen molar-refractivity contribution < 1.29 is 9.59 Å². The van der Waals surface area contributed by atoms with E-state index in [9.17, 15) is 9.59 Å². The van der Waals surface area contributed by atoms with Crippen LogP contribution in [0.3, 0.4) is 0 Å². The van der Waals surface area contributed by atoms with Crippen LogP contribution in [0.15, 0.2) is 18.2 Å². The summed E-state index contributed by atoms with van der Waals surface area (Å²) in [4.78, 5) is 26.3. The van der Waals surface area contributed by atoms with E-state index in [1.807, 2.05) is 0 Å². The number of hydrogen-bond acceptors (Lipinski definition) is 3. The number of benzene rings is 1. The zero-order chi connectivity index (χ0) is 13.3. The lowest BCUT2D eigenvalue weighted by Gasteiger charge is -2.31. The van der Waals surface area contributed by atoms with Gasteiger partial charge in [0.1, 0.15) is 6.54 Å². The average molecular weight is 268 g/mol. The quantitative estimate of drug-likeness (QED) is 0.803. The van der Waals surface area contributed by atoms with E-state index < -0.39 is 0 Å². The number of nitrogen functional groups attached to an aromatic ring is 1. The Labute approximate surface area is 110 Å². The van der Waals surface area contributed by atoms with Gasteiger partial charge in [-0.25, -0.2) is 0 Å². The van der Waals surface area contributed by atoms with Gasteiger partial charge in [-0.2, -0.15) is 0 Å². The Kier molecular flexibility index (Phi) is 3.43. The fraction of sp³-hybridized carbons (Fsp3) is 0.333. The highest BCUT2D eigenvalue weighted by atomic mass is 35.5. The van der Waals surface area contributed by atoms with E-state index >= 15 is 0 Å². The minimum atomic E-state index is -0.0642. The van der Waals surface area contributed by atoms with Crippen LogP contribution < -0.4 is 5.73 Å². The number of rotatable bonds is 2. The van der Waals surface area contributed by atoms with Crippen molar-refractivity contribution in [3.63, 3.8) is 0 Å². The maximum Gasteiger partial charge on any atom is 0.242 e. The van der Waals surface area contributed by atoms with Gasteiger partial charge in [0.05, 0.1) is 17.3 Å². The van der Waals surface area contributed by atoms with E-state index in [2.05, 4.69) is 0 Å². The Morgan fingerprint density at radius 2 is 2.00 bits per heavy atom. The van der Waals surface area contributed by atoms with Gasteiger partial charge in [0.15, 0.2) is 0 Å². The molecule has 6 heteroatoms. The Hall–Kier alpha value is -1.75. The molecule has 0 radical (unpaired) electrons. The maximum atomic E-state index is 11.8. The number of nitrogens with zero attached hydrogens (tertiary/aromatic N) is 2. The van der Waals surface area contributed by atoms with Crippen molar-refractivity contribution in [3.05, 3.63) is 28.8 Å². The van der Waals surface area contributed by atoms with Gasteiger partial charge in [0, 0.05) is 13.6 Å². The number of carbonyl (C=O) groups is 2. The number of halogens is 1. The van der Waals surface area contributed by atoms with Gasteiger partial charge in [-0.3, -0.25) is 9.59 Å². The van der Waals surface area contributed by atoms with E-state index in [4.69, 9.17) is 17.3 Å². The molecule has 1 aliphatic heterocycles. The summed E-state index contributed by atoms with van der Waals surface area (Å²) in [6, 6.07) is 5.21. The molecule has 96 valence electrons. The molecule has 2 rings (SSSR count). The van der Waals surface area contributed by atoms with Crippen LogP contribution in [-0.4, -0.2) is 41.8 Å². The lowest BCUT2D eigenvalue weighted by molar-refractivity contribution is -0.149. The maximum absolute atomic E-state index is 11.8. The molecule has 1 aliphatic rings. The summed E-state index contributed by atoms with van der Waals surface area (Å²) in [6.07, 6.45) is 0. The van der Waals surface area contributed by atoms with Gasteiger partial charge < -0.3 is 15.5 Å². The lowest BCUT2D eigenvalue weighted by atomic mass is 10.1. The smallest absolute Gasteiger partial charge is 0.242 e. The number of piperazine rings is 1. The molecule has 1 aromatic carbocycles. The van der Waals surface area contributed by atoms with E-state index in [1.165, 1.54) is 9.80 Å². The summed E-state index contributed by atoms with van der Waals surface area (Å²) >= 11 is 5.83. The first-order chi connectivity index (χ1) is 8.47. The number of likely N-dealkylation sites (N-methyl/N-ethyl adjacent to an activating group) is 1. The fourth-order valence-electron chi connectivity index (χ4n) is 1.82. The second kappa shape index (κ2) is 4.86.